The molecule has 0 radical (unpaired) electrons. The molecule has 0 fully saturated rings. The van der Waals surface area contributed by atoms with E-state index >= 15 is 0 Å². The monoisotopic (exact) mass is 330 g/mol. The SMILES string of the molecule is COc1cc(OC)cc(C2OC(=O)c3c(OC)cc(OC)cc32)c1. The molecule has 3 rings (SSSR count). The highest BCUT2D eigenvalue weighted by Crippen LogP contribution is 2.43. The van der Waals surface area contributed by atoms with Crippen molar-refractivity contribution in [2.45, 2.75) is 6.10 Å². The number of rotatable bonds is 5. The zero-order chi connectivity index (χ0) is 17.3. The van der Waals surface area contributed by atoms with Crippen molar-refractivity contribution < 1.29 is 28.5 Å². The van der Waals surface area contributed by atoms with E-state index in [1.807, 2.05) is 12.1 Å². The number of ether oxygens (including phenoxy) is 5. The Balaban J connectivity index is 2.15. The predicted octanol–water partition coefficient (Wildman–Crippen LogP) is 2.98. The summed E-state index contributed by atoms with van der Waals surface area (Å²) in [6.07, 6.45) is -0.583. The second-order valence-electron chi connectivity index (χ2n) is 5.23. The van der Waals surface area contributed by atoms with E-state index in [0.29, 0.717) is 34.1 Å². The summed E-state index contributed by atoms with van der Waals surface area (Å²) < 4.78 is 26.8. The molecule has 1 unspecified atom stereocenters. The van der Waals surface area contributed by atoms with Crippen molar-refractivity contribution in [3.63, 3.8) is 0 Å². The number of cyclic esters (lactones) is 1. The molecule has 0 saturated carbocycles. The Morgan fingerprint density at radius 1 is 0.792 bits per heavy atom. The van der Waals surface area contributed by atoms with Crippen LogP contribution in [0.15, 0.2) is 30.3 Å². The van der Waals surface area contributed by atoms with Gasteiger partial charge in [0.05, 0.1) is 28.4 Å². The van der Waals surface area contributed by atoms with Crippen LogP contribution in [0.5, 0.6) is 23.0 Å². The molecular weight excluding hydrogens is 312 g/mol. The van der Waals surface area contributed by atoms with Gasteiger partial charge < -0.3 is 23.7 Å². The summed E-state index contributed by atoms with van der Waals surface area (Å²) in [4.78, 5) is 12.3. The van der Waals surface area contributed by atoms with Crippen molar-refractivity contribution in [1.29, 1.82) is 0 Å². The van der Waals surface area contributed by atoms with Crippen LogP contribution in [0.1, 0.15) is 27.6 Å². The number of esters is 1. The third kappa shape index (κ3) is 2.60. The van der Waals surface area contributed by atoms with Gasteiger partial charge in [0.1, 0.15) is 28.6 Å². The second-order valence-corrected chi connectivity index (χ2v) is 5.23. The Bertz CT molecular complexity index is 761. The molecule has 24 heavy (non-hydrogen) atoms. The highest BCUT2D eigenvalue weighted by molar-refractivity contribution is 5.98. The lowest BCUT2D eigenvalue weighted by atomic mass is 9.98. The number of carbonyl (C=O) groups excluding carboxylic acids is 1. The topological polar surface area (TPSA) is 63.2 Å². The zero-order valence-electron chi connectivity index (χ0n) is 13.9. The van der Waals surface area contributed by atoms with Crippen LogP contribution >= 0.6 is 0 Å². The molecule has 0 spiro atoms. The maximum Gasteiger partial charge on any atom is 0.343 e. The van der Waals surface area contributed by atoms with Crippen molar-refractivity contribution in [3.05, 3.63) is 47.0 Å². The third-order valence-corrected chi connectivity index (χ3v) is 3.95. The summed E-state index contributed by atoms with van der Waals surface area (Å²) in [5, 5.41) is 0. The lowest BCUT2D eigenvalue weighted by molar-refractivity contribution is 0.0453. The molecule has 1 atom stereocenters. The van der Waals surface area contributed by atoms with E-state index in [4.69, 9.17) is 23.7 Å². The van der Waals surface area contributed by atoms with Gasteiger partial charge in [-0.25, -0.2) is 4.79 Å². The number of carbonyl (C=O) groups is 1. The van der Waals surface area contributed by atoms with Gasteiger partial charge in [0.2, 0.25) is 0 Å². The molecule has 1 aliphatic rings. The first-order valence-corrected chi connectivity index (χ1v) is 7.31. The first-order chi connectivity index (χ1) is 11.6. The van der Waals surface area contributed by atoms with Gasteiger partial charge in [0.25, 0.3) is 0 Å². The van der Waals surface area contributed by atoms with Gasteiger partial charge in [0.15, 0.2) is 6.10 Å². The summed E-state index contributed by atoms with van der Waals surface area (Å²) in [5.41, 5.74) is 1.84. The lowest BCUT2D eigenvalue weighted by Crippen LogP contribution is -2.02. The summed E-state index contributed by atoms with van der Waals surface area (Å²) in [5.74, 6) is 1.80. The molecule has 126 valence electrons. The van der Waals surface area contributed by atoms with Gasteiger partial charge in [-0.1, -0.05) is 0 Å². The lowest BCUT2D eigenvalue weighted by Gasteiger charge is -2.15. The van der Waals surface area contributed by atoms with Crippen molar-refractivity contribution in [2.75, 3.05) is 28.4 Å². The standard InChI is InChI=1S/C18H18O6/c1-20-11-5-10(6-12(7-11)21-2)17-14-8-13(22-3)9-15(23-4)16(14)18(19)24-17/h5-9,17H,1-4H3. The van der Waals surface area contributed by atoms with Gasteiger partial charge in [-0.3, -0.25) is 0 Å². The molecule has 6 nitrogen and oxygen atoms in total. The fourth-order valence-corrected chi connectivity index (χ4v) is 2.77. The first-order valence-electron chi connectivity index (χ1n) is 7.31. The fraction of sp³-hybridized carbons (Fsp3) is 0.278. The summed E-state index contributed by atoms with van der Waals surface area (Å²) in [6.45, 7) is 0. The minimum absolute atomic E-state index is 0.407. The molecule has 1 aliphatic heterocycles. The minimum Gasteiger partial charge on any atom is -0.497 e. The number of hydrogen-bond acceptors (Lipinski definition) is 6. The third-order valence-electron chi connectivity index (χ3n) is 3.95. The molecule has 0 bridgehead atoms. The van der Waals surface area contributed by atoms with Gasteiger partial charge in [-0.05, 0) is 18.2 Å². The van der Waals surface area contributed by atoms with Crippen molar-refractivity contribution in [1.82, 2.24) is 0 Å². The summed E-state index contributed by atoms with van der Waals surface area (Å²) in [6, 6.07) is 8.81. The molecule has 0 N–H and O–H groups in total. The quantitative estimate of drug-likeness (QED) is 0.786. The van der Waals surface area contributed by atoms with E-state index in [1.54, 1.807) is 39.5 Å². The summed E-state index contributed by atoms with van der Waals surface area (Å²) in [7, 11) is 6.20. The van der Waals surface area contributed by atoms with E-state index in [1.165, 1.54) is 7.11 Å². The van der Waals surface area contributed by atoms with Crippen LogP contribution in [-0.2, 0) is 4.74 Å². The Kier molecular flexibility index (Phi) is 4.20. The number of hydrogen-bond donors (Lipinski definition) is 0. The fourth-order valence-electron chi connectivity index (χ4n) is 2.77. The zero-order valence-corrected chi connectivity index (χ0v) is 13.9. The van der Waals surface area contributed by atoms with E-state index < -0.39 is 12.1 Å². The highest BCUT2D eigenvalue weighted by Gasteiger charge is 2.36. The van der Waals surface area contributed by atoms with Crippen LogP contribution in [0.2, 0.25) is 0 Å². The highest BCUT2D eigenvalue weighted by atomic mass is 16.6. The van der Waals surface area contributed by atoms with Crippen LogP contribution in [0, 0.1) is 0 Å². The van der Waals surface area contributed by atoms with Crippen molar-refractivity contribution >= 4 is 5.97 Å². The van der Waals surface area contributed by atoms with Crippen LogP contribution in [0.4, 0.5) is 0 Å². The van der Waals surface area contributed by atoms with Crippen LogP contribution in [-0.4, -0.2) is 34.4 Å². The largest absolute Gasteiger partial charge is 0.497 e. The number of methoxy groups -OCH3 is 4. The van der Waals surface area contributed by atoms with Gasteiger partial charge in [0, 0.05) is 23.3 Å². The van der Waals surface area contributed by atoms with E-state index in [2.05, 4.69) is 0 Å². The van der Waals surface area contributed by atoms with Gasteiger partial charge >= 0.3 is 5.97 Å². The molecular formula is C18H18O6. The number of fused-ring (bicyclic) bond motifs is 1. The van der Waals surface area contributed by atoms with E-state index in [0.717, 1.165) is 5.56 Å². The molecule has 0 amide bonds. The smallest absolute Gasteiger partial charge is 0.343 e. The molecule has 6 heteroatoms. The molecule has 0 saturated heterocycles. The molecule has 2 aromatic rings. The van der Waals surface area contributed by atoms with Gasteiger partial charge in [-0.2, -0.15) is 0 Å². The Morgan fingerprint density at radius 3 is 1.92 bits per heavy atom. The normalized spacial score (nSPS) is 15.5. The van der Waals surface area contributed by atoms with Crippen molar-refractivity contribution in [3.8, 4) is 23.0 Å². The number of benzene rings is 2. The van der Waals surface area contributed by atoms with Crippen LogP contribution in [0.25, 0.3) is 0 Å². The molecule has 1 heterocycles. The Morgan fingerprint density at radius 2 is 1.38 bits per heavy atom. The van der Waals surface area contributed by atoms with Crippen LogP contribution in [0.3, 0.4) is 0 Å². The van der Waals surface area contributed by atoms with E-state index in [-0.39, 0.29) is 0 Å². The maximum absolute atomic E-state index is 12.3. The minimum atomic E-state index is -0.583. The predicted molar refractivity (Wildman–Crippen MR) is 86.4 cm³/mol. The average Bonchev–Trinajstić information content (AvgIpc) is 2.97. The second kappa shape index (κ2) is 6.31. The van der Waals surface area contributed by atoms with Crippen LogP contribution < -0.4 is 18.9 Å². The van der Waals surface area contributed by atoms with Gasteiger partial charge in [-0.15, -0.1) is 0 Å². The maximum atomic E-state index is 12.3. The molecule has 2 aromatic carbocycles. The van der Waals surface area contributed by atoms with E-state index in [9.17, 15) is 4.79 Å². The first kappa shape index (κ1) is 16.0. The molecule has 0 aromatic heterocycles. The Hall–Kier alpha value is -2.89. The van der Waals surface area contributed by atoms with Crippen molar-refractivity contribution in [2.24, 2.45) is 0 Å². The summed E-state index contributed by atoms with van der Waals surface area (Å²) >= 11 is 0. The average molecular weight is 330 g/mol. The molecule has 0 aliphatic carbocycles. The Labute approximate surface area is 139 Å².